The lowest BCUT2D eigenvalue weighted by atomic mass is 10.0. The van der Waals surface area contributed by atoms with Gasteiger partial charge in [0.2, 0.25) is 0 Å². The molecule has 0 spiro atoms. The van der Waals surface area contributed by atoms with Crippen LogP contribution in [0.1, 0.15) is 41.3 Å². The molecule has 0 saturated carbocycles. The van der Waals surface area contributed by atoms with Gasteiger partial charge in [0, 0.05) is 12.1 Å². The Bertz CT molecular complexity index is 904. The van der Waals surface area contributed by atoms with Crippen LogP contribution in [0.4, 0.5) is 0 Å². The average Bonchev–Trinajstić information content (AvgIpc) is 2.94. The molecule has 1 aromatic heterocycles. The summed E-state index contributed by atoms with van der Waals surface area (Å²) in [4.78, 5) is 28.9. The molecule has 2 aromatic carbocycles. The molecule has 0 aliphatic carbocycles. The molecule has 0 aliphatic rings. The van der Waals surface area contributed by atoms with Crippen molar-refractivity contribution in [3.8, 4) is 0 Å². The summed E-state index contributed by atoms with van der Waals surface area (Å²) in [6.07, 6.45) is 0.707. The predicted molar refractivity (Wildman–Crippen MR) is 95.5 cm³/mol. The Morgan fingerprint density at radius 1 is 1.04 bits per heavy atom. The van der Waals surface area contributed by atoms with Crippen LogP contribution in [-0.2, 0) is 6.42 Å². The van der Waals surface area contributed by atoms with Gasteiger partial charge in [0.15, 0.2) is 0 Å². The number of carbonyl (C=O) groups is 1. The molecule has 3 rings (SSSR count). The number of imidazole rings is 1. The van der Waals surface area contributed by atoms with Gasteiger partial charge in [0.05, 0.1) is 11.0 Å². The lowest BCUT2D eigenvalue weighted by Gasteiger charge is -2.08. The molecule has 5 heteroatoms. The van der Waals surface area contributed by atoms with E-state index in [4.69, 9.17) is 0 Å². The SMILES string of the molecule is CC(C)c1ccc(C(=O)NCCc2ccc3[nH]c(=O)[nH]c3c2)cc1. The zero-order valence-electron chi connectivity index (χ0n) is 13.8. The van der Waals surface area contributed by atoms with Crippen LogP contribution >= 0.6 is 0 Å². The minimum atomic E-state index is -0.208. The quantitative estimate of drug-likeness (QED) is 0.675. The number of nitrogens with one attached hydrogen (secondary N) is 3. The maximum Gasteiger partial charge on any atom is 0.323 e. The molecular formula is C19H21N3O2. The van der Waals surface area contributed by atoms with Crippen LogP contribution in [0.2, 0.25) is 0 Å². The summed E-state index contributed by atoms with van der Waals surface area (Å²) in [7, 11) is 0. The third-order valence-electron chi connectivity index (χ3n) is 4.12. The smallest absolute Gasteiger partial charge is 0.323 e. The molecule has 1 amide bonds. The normalized spacial score (nSPS) is 11.1. The molecule has 0 atom stereocenters. The monoisotopic (exact) mass is 323 g/mol. The summed E-state index contributed by atoms with van der Waals surface area (Å²) in [5.41, 5.74) is 4.32. The Balaban J connectivity index is 1.58. The predicted octanol–water partition coefficient (Wildman–Crippen LogP) is 2.95. The van der Waals surface area contributed by atoms with Crippen LogP contribution in [0.25, 0.3) is 11.0 Å². The summed E-state index contributed by atoms with van der Waals surface area (Å²) < 4.78 is 0. The number of H-pyrrole nitrogens is 2. The minimum absolute atomic E-state index is 0.0681. The molecule has 0 radical (unpaired) electrons. The molecule has 1 heterocycles. The standard InChI is InChI=1S/C19H21N3O2/c1-12(2)14-4-6-15(7-5-14)18(23)20-10-9-13-3-8-16-17(11-13)22-19(24)21-16/h3-8,11-12H,9-10H2,1-2H3,(H,20,23)(H2,21,22,24). The Morgan fingerprint density at radius 3 is 2.46 bits per heavy atom. The van der Waals surface area contributed by atoms with E-state index >= 15 is 0 Å². The van der Waals surface area contributed by atoms with E-state index in [0.29, 0.717) is 24.4 Å². The van der Waals surface area contributed by atoms with E-state index in [9.17, 15) is 9.59 Å². The second kappa shape index (κ2) is 6.74. The van der Waals surface area contributed by atoms with Crippen LogP contribution < -0.4 is 11.0 Å². The Kier molecular flexibility index (Phi) is 4.51. The molecule has 3 N–H and O–H groups in total. The van der Waals surface area contributed by atoms with E-state index < -0.39 is 0 Å². The van der Waals surface area contributed by atoms with Crippen molar-refractivity contribution in [3.05, 3.63) is 69.6 Å². The number of aromatic nitrogens is 2. The van der Waals surface area contributed by atoms with Gasteiger partial charge >= 0.3 is 5.69 Å². The maximum absolute atomic E-state index is 12.2. The van der Waals surface area contributed by atoms with E-state index in [1.54, 1.807) is 0 Å². The molecule has 5 nitrogen and oxygen atoms in total. The van der Waals surface area contributed by atoms with Gasteiger partial charge in [-0.25, -0.2) is 4.79 Å². The number of fused-ring (bicyclic) bond motifs is 1. The molecule has 3 aromatic rings. The van der Waals surface area contributed by atoms with Gasteiger partial charge in [0.25, 0.3) is 5.91 Å². The van der Waals surface area contributed by atoms with Gasteiger partial charge in [-0.1, -0.05) is 32.0 Å². The van der Waals surface area contributed by atoms with Crippen molar-refractivity contribution in [2.24, 2.45) is 0 Å². The first kappa shape index (κ1) is 16.1. The molecule has 24 heavy (non-hydrogen) atoms. The van der Waals surface area contributed by atoms with Crippen LogP contribution in [-0.4, -0.2) is 22.4 Å². The van der Waals surface area contributed by atoms with Gasteiger partial charge in [-0.15, -0.1) is 0 Å². The highest BCUT2D eigenvalue weighted by Crippen LogP contribution is 2.14. The van der Waals surface area contributed by atoms with Gasteiger partial charge in [-0.3, -0.25) is 4.79 Å². The highest BCUT2D eigenvalue weighted by atomic mass is 16.1. The largest absolute Gasteiger partial charge is 0.352 e. The van der Waals surface area contributed by atoms with E-state index in [1.165, 1.54) is 5.56 Å². The van der Waals surface area contributed by atoms with Crippen LogP contribution in [0.5, 0.6) is 0 Å². The second-order valence-electron chi connectivity index (χ2n) is 6.24. The van der Waals surface area contributed by atoms with Crippen molar-refractivity contribution < 1.29 is 4.79 Å². The second-order valence-corrected chi connectivity index (χ2v) is 6.24. The topological polar surface area (TPSA) is 77.8 Å². The molecule has 0 fully saturated rings. The highest BCUT2D eigenvalue weighted by Gasteiger charge is 2.06. The first-order valence-electron chi connectivity index (χ1n) is 8.12. The summed E-state index contributed by atoms with van der Waals surface area (Å²) in [5, 5.41) is 2.93. The number of hydrogen-bond acceptors (Lipinski definition) is 2. The van der Waals surface area contributed by atoms with Crippen molar-refractivity contribution >= 4 is 16.9 Å². The first-order chi connectivity index (χ1) is 11.5. The van der Waals surface area contributed by atoms with E-state index in [2.05, 4.69) is 29.1 Å². The van der Waals surface area contributed by atoms with Gasteiger partial charge in [-0.05, 0) is 47.7 Å². The fourth-order valence-electron chi connectivity index (χ4n) is 2.68. The summed E-state index contributed by atoms with van der Waals surface area (Å²) in [6, 6.07) is 13.5. The zero-order chi connectivity index (χ0) is 17.1. The summed E-state index contributed by atoms with van der Waals surface area (Å²) in [6.45, 7) is 4.80. The lowest BCUT2D eigenvalue weighted by molar-refractivity contribution is 0.0954. The first-order valence-corrected chi connectivity index (χ1v) is 8.12. The van der Waals surface area contributed by atoms with Crippen molar-refractivity contribution in [1.29, 1.82) is 0 Å². The molecule has 0 bridgehead atoms. The van der Waals surface area contributed by atoms with Crippen LogP contribution in [0.15, 0.2) is 47.3 Å². The van der Waals surface area contributed by atoms with Crippen molar-refractivity contribution in [2.45, 2.75) is 26.2 Å². The van der Waals surface area contributed by atoms with Crippen LogP contribution in [0, 0.1) is 0 Å². The molecule has 124 valence electrons. The number of amides is 1. The summed E-state index contributed by atoms with van der Waals surface area (Å²) >= 11 is 0. The summed E-state index contributed by atoms with van der Waals surface area (Å²) in [5.74, 6) is 0.387. The highest BCUT2D eigenvalue weighted by molar-refractivity contribution is 5.94. The number of aromatic amines is 2. The minimum Gasteiger partial charge on any atom is -0.352 e. The van der Waals surface area contributed by atoms with E-state index in [0.717, 1.165) is 16.6 Å². The molecule has 0 saturated heterocycles. The third kappa shape index (κ3) is 3.56. The number of benzene rings is 2. The van der Waals surface area contributed by atoms with E-state index in [-0.39, 0.29) is 11.6 Å². The van der Waals surface area contributed by atoms with Gasteiger partial charge in [-0.2, -0.15) is 0 Å². The van der Waals surface area contributed by atoms with Gasteiger partial charge in [0.1, 0.15) is 0 Å². The zero-order valence-corrected chi connectivity index (χ0v) is 13.8. The molecule has 0 aliphatic heterocycles. The molecular weight excluding hydrogens is 302 g/mol. The lowest BCUT2D eigenvalue weighted by Crippen LogP contribution is -2.25. The Labute approximate surface area is 140 Å². The Hall–Kier alpha value is -2.82. The number of hydrogen-bond donors (Lipinski definition) is 3. The van der Waals surface area contributed by atoms with Crippen LogP contribution in [0.3, 0.4) is 0 Å². The van der Waals surface area contributed by atoms with Crippen molar-refractivity contribution in [2.75, 3.05) is 6.54 Å². The number of carbonyl (C=O) groups excluding carboxylic acids is 1. The fraction of sp³-hybridized carbons (Fsp3) is 0.263. The Morgan fingerprint density at radius 2 is 1.75 bits per heavy atom. The molecule has 0 unspecified atom stereocenters. The van der Waals surface area contributed by atoms with Crippen molar-refractivity contribution in [3.63, 3.8) is 0 Å². The third-order valence-corrected chi connectivity index (χ3v) is 4.12. The van der Waals surface area contributed by atoms with Crippen molar-refractivity contribution in [1.82, 2.24) is 15.3 Å². The van der Waals surface area contributed by atoms with E-state index in [1.807, 2.05) is 42.5 Å². The average molecular weight is 323 g/mol. The van der Waals surface area contributed by atoms with Gasteiger partial charge < -0.3 is 15.3 Å². The maximum atomic E-state index is 12.2. The number of rotatable bonds is 5. The fourth-order valence-corrected chi connectivity index (χ4v) is 2.68.